The number of hydrogen-bond donors (Lipinski definition) is 2. The van der Waals surface area contributed by atoms with Crippen molar-refractivity contribution in [3.8, 4) is 0 Å². The lowest BCUT2D eigenvalue weighted by atomic mass is 9.54. The van der Waals surface area contributed by atoms with Crippen molar-refractivity contribution in [2.24, 2.45) is 23.7 Å². The molecule has 2 aromatic rings. The number of rotatable bonds is 2. The van der Waals surface area contributed by atoms with Crippen LogP contribution in [-0.4, -0.2) is 16.9 Å². The van der Waals surface area contributed by atoms with E-state index in [1.165, 1.54) is 32.1 Å². The average Bonchev–Trinajstić information content (AvgIpc) is 2.93. The molecule has 4 fully saturated rings. The first-order valence-electron chi connectivity index (χ1n) is 8.75. The molecule has 120 valence electrons. The maximum Gasteiger partial charge on any atom is 0.267 e. The van der Waals surface area contributed by atoms with Crippen molar-refractivity contribution in [1.29, 1.82) is 0 Å². The number of amides is 1. The molecule has 1 aromatic carbocycles. The lowest BCUT2D eigenvalue weighted by molar-refractivity contribution is -0.0120. The van der Waals surface area contributed by atoms with Crippen LogP contribution in [0.15, 0.2) is 24.3 Å². The van der Waals surface area contributed by atoms with Gasteiger partial charge in [0.25, 0.3) is 5.91 Å². The van der Waals surface area contributed by atoms with E-state index in [-0.39, 0.29) is 5.91 Å². The van der Waals surface area contributed by atoms with Gasteiger partial charge in [-0.2, -0.15) is 0 Å². The van der Waals surface area contributed by atoms with Gasteiger partial charge in [0.2, 0.25) is 0 Å². The summed E-state index contributed by atoms with van der Waals surface area (Å²) in [6.45, 7) is 0. The summed E-state index contributed by atoms with van der Waals surface area (Å²) in [4.78, 5) is 15.9. The Morgan fingerprint density at radius 3 is 2.43 bits per heavy atom. The third kappa shape index (κ3) is 2.28. The number of hydrogen-bond acceptors (Lipinski definition) is 1. The predicted molar refractivity (Wildman–Crippen MR) is 91.6 cm³/mol. The topological polar surface area (TPSA) is 44.9 Å². The van der Waals surface area contributed by atoms with Gasteiger partial charge in [0.15, 0.2) is 0 Å². The van der Waals surface area contributed by atoms with Gasteiger partial charge in [-0.1, -0.05) is 17.7 Å². The normalized spacial score (nSPS) is 34.9. The summed E-state index contributed by atoms with van der Waals surface area (Å²) in [5.41, 5.74) is 1.57. The quantitative estimate of drug-likeness (QED) is 0.844. The zero-order valence-electron chi connectivity index (χ0n) is 13.0. The summed E-state index contributed by atoms with van der Waals surface area (Å²) in [6, 6.07) is 7.99. The zero-order chi connectivity index (χ0) is 15.6. The Balaban J connectivity index is 1.38. The highest BCUT2D eigenvalue weighted by Gasteiger charge is 2.48. The molecule has 4 bridgehead atoms. The number of fused-ring (bicyclic) bond motifs is 1. The first kappa shape index (κ1) is 13.9. The van der Waals surface area contributed by atoms with Crippen molar-refractivity contribution in [3.63, 3.8) is 0 Å². The van der Waals surface area contributed by atoms with Gasteiger partial charge in [-0.15, -0.1) is 0 Å². The number of H-pyrrole nitrogens is 1. The van der Waals surface area contributed by atoms with E-state index < -0.39 is 0 Å². The fraction of sp³-hybridized carbons (Fsp3) is 0.526. The summed E-state index contributed by atoms with van der Waals surface area (Å²) in [7, 11) is 0. The molecule has 23 heavy (non-hydrogen) atoms. The van der Waals surface area contributed by atoms with Crippen LogP contribution in [0.1, 0.15) is 42.6 Å². The highest BCUT2D eigenvalue weighted by molar-refractivity contribution is 6.31. The first-order valence-corrected chi connectivity index (χ1v) is 9.12. The van der Waals surface area contributed by atoms with Crippen LogP contribution in [0.3, 0.4) is 0 Å². The van der Waals surface area contributed by atoms with E-state index in [1.54, 1.807) is 0 Å². The summed E-state index contributed by atoms with van der Waals surface area (Å²) in [6.07, 6.45) is 6.72. The lowest BCUT2D eigenvalue weighted by Crippen LogP contribution is -2.55. The molecule has 2 N–H and O–H groups in total. The van der Waals surface area contributed by atoms with Crippen LogP contribution in [0.25, 0.3) is 10.9 Å². The van der Waals surface area contributed by atoms with Gasteiger partial charge in [-0.25, -0.2) is 0 Å². The molecule has 0 spiro atoms. The van der Waals surface area contributed by atoms with Crippen molar-refractivity contribution in [2.75, 3.05) is 0 Å². The van der Waals surface area contributed by atoms with Crippen LogP contribution >= 0.6 is 11.6 Å². The Labute approximate surface area is 140 Å². The largest absolute Gasteiger partial charge is 0.350 e. The van der Waals surface area contributed by atoms with Gasteiger partial charge in [-0.05, 0) is 74.0 Å². The molecule has 4 aliphatic rings. The molecule has 1 amide bonds. The summed E-state index contributed by atoms with van der Waals surface area (Å²) in [5, 5.41) is 5.07. The molecule has 4 heteroatoms. The highest BCUT2D eigenvalue weighted by atomic mass is 35.5. The number of halogens is 1. The molecule has 1 heterocycles. The second-order valence-electron chi connectivity index (χ2n) is 7.84. The molecule has 4 aliphatic carbocycles. The molecule has 3 nitrogen and oxygen atoms in total. The predicted octanol–water partition coefficient (Wildman–Crippen LogP) is 4.38. The van der Waals surface area contributed by atoms with Crippen molar-refractivity contribution in [3.05, 3.63) is 35.0 Å². The molecule has 0 unspecified atom stereocenters. The molecule has 4 saturated carbocycles. The zero-order valence-corrected chi connectivity index (χ0v) is 13.8. The minimum atomic E-state index is 0.0368. The number of aromatic nitrogens is 1. The van der Waals surface area contributed by atoms with Gasteiger partial charge in [0.05, 0.1) is 0 Å². The van der Waals surface area contributed by atoms with E-state index in [4.69, 9.17) is 11.6 Å². The van der Waals surface area contributed by atoms with Gasteiger partial charge in [0.1, 0.15) is 5.69 Å². The van der Waals surface area contributed by atoms with E-state index >= 15 is 0 Å². The Bertz CT molecular complexity index is 753. The van der Waals surface area contributed by atoms with Crippen molar-refractivity contribution >= 4 is 28.4 Å². The van der Waals surface area contributed by atoms with Crippen LogP contribution in [0.2, 0.25) is 5.02 Å². The number of aromatic amines is 1. The van der Waals surface area contributed by atoms with Crippen molar-refractivity contribution < 1.29 is 4.79 Å². The van der Waals surface area contributed by atoms with E-state index in [9.17, 15) is 4.79 Å². The Morgan fingerprint density at radius 1 is 1.04 bits per heavy atom. The third-order valence-electron chi connectivity index (χ3n) is 6.35. The van der Waals surface area contributed by atoms with E-state index in [0.29, 0.717) is 28.6 Å². The summed E-state index contributed by atoms with van der Waals surface area (Å²) < 4.78 is 0. The fourth-order valence-corrected chi connectivity index (χ4v) is 5.78. The van der Waals surface area contributed by atoms with Gasteiger partial charge in [0, 0.05) is 22.0 Å². The van der Waals surface area contributed by atoms with Crippen molar-refractivity contribution in [1.82, 2.24) is 10.3 Å². The Kier molecular flexibility index (Phi) is 3.03. The molecular formula is C19H21ClN2O. The minimum absolute atomic E-state index is 0.0368. The molecule has 0 radical (unpaired) electrons. The molecule has 0 saturated heterocycles. The number of carbonyl (C=O) groups excluding carboxylic acids is 1. The summed E-state index contributed by atoms with van der Waals surface area (Å²) >= 11 is 6.02. The molecule has 0 atom stereocenters. The lowest BCUT2D eigenvalue weighted by Gasteiger charge is -2.54. The molecule has 0 aliphatic heterocycles. The SMILES string of the molecule is O=C(NC1C2CC3CC(C2)CC1C3)c1cc2ccc(Cl)cc2[nH]1. The minimum Gasteiger partial charge on any atom is -0.350 e. The Morgan fingerprint density at radius 2 is 1.74 bits per heavy atom. The first-order chi connectivity index (χ1) is 11.2. The summed E-state index contributed by atoms with van der Waals surface area (Å²) in [5.74, 6) is 3.31. The second kappa shape index (κ2) is 5.01. The van der Waals surface area contributed by atoms with Crippen molar-refractivity contribution in [2.45, 2.75) is 38.1 Å². The molecule has 6 rings (SSSR count). The monoisotopic (exact) mass is 328 g/mol. The van der Waals surface area contributed by atoms with E-state index in [0.717, 1.165) is 22.7 Å². The van der Waals surface area contributed by atoms with Gasteiger partial charge < -0.3 is 10.3 Å². The van der Waals surface area contributed by atoms with E-state index in [1.807, 2.05) is 24.3 Å². The standard InChI is InChI=1S/C19H21ClN2O/c20-15-2-1-12-8-17(21-16(12)9-15)19(23)22-18-13-4-10-3-11(6-13)7-14(18)5-10/h1-2,8-11,13-14,18,21H,3-7H2,(H,22,23). The maximum absolute atomic E-state index is 12.7. The van der Waals surface area contributed by atoms with Crippen LogP contribution in [0, 0.1) is 23.7 Å². The fourth-order valence-electron chi connectivity index (χ4n) is 5.61. The number of carbonyl (C=O) groups is 1. The maximum atomic E-state index is 12.7. The van der Waals surface area contributed by atoms with Gasteiger partial charge in [-0.3, -0.25) is 4.79 Å². The second-order valence-corrected chi connectivity index (χ2v) is 8.28. The average molecular weight is 329 g/mol. The van der Waals surface area contributed by atoms with Crippen LogP contribution in [-0.2, 0) is 0 Å². The van der Waals surface area contributed by atoms with Crippen LogP contribution in [0.5, 0.6) is 0 Å². The van der Waals surface area contributed by atoms with Gasteiger partial charge >= 0.3 is 0 Å². The highest BCUT2D eigenvalue weighted by Crippen LogP contribution is 2.53. The molecular weight excluding hydrogens is 308 g/mol. The smallest absolute Gasteiger partial charge is 0.267 e. The number of nitrogens with one attached hydrogen (secondary N) is 2. The molecule has 1 aromatic heterocycles. The third-order valence-corrected chi connectivity index (χ3v) is 6.59. The van der Waals surface area contributed by atoms with E-state index in [2.05, 4.69) is 10.3 Å². The van der Waals surface area contributed by atoms with Crippen LogP contribution in [0.4, 0.5) is 0 Å². The Hall–Kier alpha value is -1.48. The van der Waals surface area contributed by atoms with Crippen LogP contribution < -0.4 is 5.32 Å². The number of benzene rings is 1.